The Kier molecular flexibility index (Phi) is 2.34. The first-order valence-corrected chi connectivity index (χ1v) is 6.23. The minimum absolute atomic E-state index is 0.343. The van der Waals surface area contributed by atoms with Gasteiger partial charge in [0.2, 0.25) is 0 Å². The number of Topliss-reactive ketones (excluding diaryl/α,β-unsaturated/α-hetero) is 1. The molecule has 0 saturated heterocycles. The van der Waals surface area contributed by atoms with Gasteiger partial charge in [-0.05, 0) is 31.1 Å². The molecule has 86 valence electrons. The Morgan fingerprint density at radius 2 is 2.38 bits per heavy atom. The predicted molar refractivity (Wildman–Crippen MR) is 60.9 cm³/mol. The normalized spacial score (nSPS) is 32.2. The lowest BCUT2D eigenvalue weighted by Crippen LogP contribution is -2.23. The quantitative estimate of drug-likeness (QED) is 0.777. The van der Waals surface area contributed by atoms with Crippen LogP contribution in [-0.4, -0.2) is 15.3 Å². The van der Waals surface area contributed by atoms with Gasteiger partial charge in [-0.3, -0.25) is 4.79 Å². The van der Waals surface area contributed by atoms with Gasteiger partial charge in [0.25, 0.3) is 0 Å². The number of imidazole rings is 1. The van der Waals surface area contributed by atoms with Gasteiger partial charge in [0, 0.05) is 25.4 Å². The van der Waals surface area contributed by atoms with Crippen molar-refractivity contribution in [2.24, 2.45) is 24.8 Å². The number of carbonyl (C=O) groups is 1. The molecular formula is C13H18N2O. The Balaban J connectivity index is 1.68. The van der Waals surface area contributed by atoms with E-state index in [1.54, 1.807) is 6.20 Å². The molecule has 3 atom stereocenters. The van der Waals surface area contributed by atoms with E-state index in [2.05, 4.69) is 4.98 Å². The van der Waals surface area contributed by atoms with Gasteiger partial charge in [-0.25, -0.2) is 4.98 Å². The molecule has 2 fully saturated rings. The maximum Gasteiger partial charge on any atom is 0.143 e. The van der Waals surface area contributed by atoms with Crippen LogP contribution in [0.3, 0.4) is 0 Å². The highest BCUT2D eigenvalue weighted by atomic mass is 16.1. The number of fused-ring (bicyclic) bond motifs is 2. The molecule has 3 unspecified atom stereocenters. The van der Waals surface area contributed by atoms with Crippen LogP contribution < -0.4 is 0 Å². The van der Waals surface area contributed by atoms with Gasteiger partial charge in [0.05, 0.1) is 6.42 Å². The van der Waals surface area contributed by atoms with Gasteiger partial charge < -0.3 is 4.57 Å². The standard InChI is InChI=1S/C13H18N2O/c1-15-5-4-14-13(15)8-12(16)11-7-9-2-3-10(11)6-9/h4-5,9-11H,2-3,6-8H2,1H3. The minimum Gasteiger partial charge on any atom is -0.338 e. The molecule has 0 radical (unpaired) electrons. The number of ketones is 1. The fourth-order valence-corrected chi connectivity index (χ4v) is 3.49. The summed E-state index contributed by atoms with van der Waals surface area (Å²) < 4.78 is 1.95. The van der Waals surface area contributed by atoms with Crippen LogP contribution in [0.2, 0.25) is 0 Å². The van der Waals surface area contributed by atoms with Gasteiger partial charge in [-0.1, -0.05) is 6.42 Å². The molecule has 16 heavy (non-hydrogen) atoms. The van der Waals surface area contributed by atoms with E-state index in [1.165, 1.54) is 19.3 Å². The van der Waals surface area contributed by atoms with Gasteiger partial charge in [-0.2, -0.15) is 0 Å². The van der Waals surface area contributed by atoms with E-state index < -0.39 is 0 Å². The largest absolute Gasteiger partial charge is 0.338 e. The molecule has 1 aromatic heterocycles. The summed E-state index contributed by atoms with van der Waals surface area (Å²) in [6.45, 7) is 0. The van der Waals surface area contributed by atoms with Crippen LogP contribution in [-0.2, 0) is 18.3 Å². The third kappa shape index (κ3) is 1.58. The Bertz CT molecular complexity index is 410. The topological polar surface area (TPSA) is 34.9 Å². The molecule has 2 aliphatic carbocycles. The number of aromatic nitrogens is 2. The third-order valence-electron chi connectivity index (χ3n) is 4.40. The highest BCUT2D eigenvalue weighted by Gasteiger charge is 2.42. The average Bonchev–Trinajstić information content (AvgIpc) is 2.95. The molecule has 0 aliphatic heterocycles. The number of hydrogen-bond donors (Lipinski definition) is 0. The molecular weight excluding hydrogens is 200 g/mol. The first kappa shape index (κ1) is 10.1. The average molecular weight is 218 g/mol. The molecule has 3 heteroatoms. The molecule has 0 N–H and O–H groups in total. The summed E-state index contributed by atoms with van der Waals surface area (Å²) in [5, 5.41) is 0. The number of nitrogens with zero attached hydrogens (tertiary/aromatic N) is 2. The Morgan fingerprint density at radius 1 is 1.50 bits per heavy atom. The molecule has 3 rings (SSSR count). The number of aryl methyl sites for hydroxylation is 1. The predicted octanol–water partition coefficient (Wildman–Crippen LogP) is 1.97. The van der Waals surface area contributed by atoms with E-state index >= 15 is 0 Å². The fraction of sp³-hybridized carbons (Fsp3) is 0.692. The molecule has 0 spiro atoms. The van der Waals surface area contributed by atoms with Crippen molar-refractivity contribution in [3.05, 3.63) is 18.2 Å². The lowest BCUT2D eigenvalue weighted by Gasteiger charge is -2.19. The first-order valence-electron chi connectivity index (χ1n) is 6.23. The fourth-order valence-electron chi connectivity index (χ4n) is 3.49. The Hall–Kier alpha value is -1.12. The molecule has 0 amide bonds. The van der Waals surface area contributed by atoms with Crippen molar-refractivity contribution >= 4 is 5.78 Å². The summed E-state index contributed by atoms with van der Waals surface area (Å²) in [6, 6.07) is 0. The minimum atomic E-state index is 0.343. The van der Waals surface area contributed by atoms with E-state index in [0.29, 0.717) is 24.0 Å². The molecule has 3 nitrogen and oxygen atoms in total. The maximum atomic E-state index is 12.2. The van der Waals surface area contributed by atoms with Crippen LogP contribution in [0.15, 0.2) is 12.4 Å². The zero-order valence-corrected chi connectivity index (χ0v) is 9.72. The van der Waals surface area contributed by atoms with Crippen LogP contribution in [0.1, 0.15) is 31.5 Å². The van der Waals surface area contributed by atoms with Crippen molar-refractivity contribution in [2.45, 2.75) is 32.1 Å². The Morgan fingerprint density at radius 3 is 2.94 bits per heavy atom. The first-order chi connectivity index (χ1) is 7.74. The third-order valence-corrected chi connectivity index (χ3v) is 4.40. The van der Waals surface area contributed by atoms with Gasteiger partial charge in [0.1, 0.15) is 11.6 Å². The van der Waals surface area contributed by atoms with Crippen molar-refractivity contribution in [3.63, 3.8) is 0 Å². The summed E-state index contributed by atoms with van der Waals surface area (Å²) in [7, 11) is 1.95. The van der Waals surface area contributed by atoms with Gasteiger partial charge in [-0.15, -0.1) is 0 Å². The zero-order valence-electron chi connectivity index (χ0n) is 9.72. The second-order valence-electron chi connectivity index (χ2n) is 5.38. The smallest absolute Gasteiger partial charge is 0.143 e. The van der Waals surface area contributed by atoms with E-state index in [0.717, 1.165) is 18.2 Å². The van der Waals surface area contributed by atoms with Crippen LogP contribution in [0.5, 0.6) is 0 Å². The zero-order chi connectivity index (χ0) is 11.1. The van der Waals surface area contributed by atoms with E-state index in [-0.39, 0.29) is 0 Å². The van der Waals surface area contributed by atoms with E-state index in [9.17, 15) is 4.79 Å². The van der Waals surface area contributed by atoms with Crippen LogP contribution >= 0.6 is 0 Å². The highest BCUT2D eigenvalue weighted by molar-refractivity contribution is 5.83. The molecule has 2 bridgehead atoms. The maximum absolute atomic E-state index is 12.2. The van der Waals surface area contributed by atoms with Gasteiger partial charge >= 0.3 is 0 Å². The van der Waals surface area contributed by atoms with E-state index in [4.69, 9.17) is 0 Å². The van der Waals surface area contributed by atoms with Gasteiger partial charge in [0.15, 0.2) is 0 Å². The monoisotopic (exact) mass is 218 g/mol. The van der Waals surface area contributed by atoms with E-state index in [1.807, 2.05) is 17.8 Å². The molecule has 1 heterocycles. The summed E-state index contributed by atoms with van der Waals surface area (Å²) in [5.41, 5.74) is 0. The second kappa shape index (κ2) is 3.72. The lowest BCUT2D eigenvalue weighted by molar-refractivity contribution is -0.123. The van der Waals surface area contributed by atoms with Crippen molar-refractivity contribution in [1.29, 1.82) is 0 Å². The van der Waals surface area contributed by atoms with Crippen molar-refractivity contribution in [3.8, 4) is 0 Å². The van der Waals surface area contributed by atoms with Crippen LogP contribution in [0.25, 0.3) is 0 Å². The van der Waals surface area contributed by atoms with Crippen molar-refractivity contribution < 1.29 is 4.79 Å². The molecule has 2 aliphatic rings. The summed E-state index contributed by atoms with van der Waals surface area (Å²) in [5.74, 6) is 3.21. The van der Waals surface area contributed by atoms with Crippen LogP contribution in [0, 0.1) is 17.8 Å². The summed E-state index contributed by atoms with van der Waals surface area (Å²) in [6.07, 6.45) is 9.29. The van der Waals surface area contributed by atoms with Crippen molar-refractivity contribution in [1.82, 2.24) is 9.55 Å². The number of rotatable bonds is 3. The number of carbonyl (C=O) groups excluding carboxylic acids is 1. The second-order valence-corrected chi connectivity index (χ2v) is 5.38. The molecule has 1 aromatic rings. The van der Waals surface area contributed by atoms with Crippen LogP contribution in [0.4, 0.5) is 0 Å². The highest BCUT2D eigenvalue weighted by Crippen LogP contribution is 2.48. The summed E-state index contributed by atoms with van der Waals surface area (Å²) in [4.78, 5) is 16.4. The molecule has 0 aromatic carbocycles. The summed E-state index contributed by atoms with van der Waals surface area (Å²) >= 11 is 0. The Labute approximate surface area is 95.9 Å². The lowest BCUT2D eigenvalue weighted by atomic mass is 9.84. The number of hydrogen-bond acceptors (Lipinski definition) is 2. The molecule has 2 saturated carbocycles. The van der Waals surface area contributed by atoms with Crippen molar-refractivity contribution in [2.75, 3.05) is 0 Å². The SMILES string of the molecule is Cn1ccnc1CC(=O)C1CC2CCC1C2.